The van der Waals surface area contributed by atoms with Crippen molar-refractivity contribution < 1.29 is 18.0 Å². The Morgan fingerprint density at radius 2 is 1.57 bits per heavy atom. The average molecular weight is 398 g/mol. The summed E-state index contributed by atoms with van der Waals surface area (Å²) < 4.78 is 28.2. The highest BCUT2D eigenvalue weighted by Gasteiger charge is 2.37. The molecule has 0 unspecified atom stereocenters. The Labute approximate surface area is 164 Å². The van der Waals surface area contributed by atoms with Gasteiger partial charge in [-0.1, -0.05) is 42.0 Å². The van der Waals surface area contributed by atoms with E-state index in [1.165, 1.54) is 0 Å². The number of hydrogen-bond acceptors (Lipinski definition) is 4. The highest BCUT2D eigenvalue weighted by molar-refractivity contribution is 7.89. The largest absolute Gasteiger partial charge is 0.273 e. The fourth-order valence-electron chi connectivity index (χ4n) is 3.55. The molecule has 146 valence electrons. The van der Waals surface area contributed by atoms with Gasteiger partial charge < -0.3 is 0 Å². The lowest BCUT2D eigenvalue weighted by molar-refractivity contribution is 0.0664. The van der Waals surface area contributed by atoms with Crippen LogP contribution in [0.3, 0.4) is 0 Å². The zero-order chi connectivity index (χ0) is 19.9. The molecule has 1 aliphatic carbocycles. The van der Waals surface area contributed by atoms with E-state index in [9.17, 15) is 18.0 Å². The standard InChI is InChI=1S/C21H22N2O4S/c1-14-6-8-15(9-7-14)19(16-10-11-16)22-28(26,27)13-12-23-20(24)17-4-2-3-5-18(17)21(23)25/h2-9,16,19,22H,10-13H2,1H3/t19-/m0/s1. The first kappa shape index (κ1) is 18.8. The number of hydrogen-bond donors (Lipinski definition) is 1. The maximum Gasteiger partial charge on any atom is 0.261 e. The first-order valence-corrected chi connectivity index (χ1v) is 11.0. The number of aryl methyl sites for hydroxylation is 1. The van der Waals surface area contributed by atoms with E-state index in [1.807, 2.05) is 31.2 Å². The van der Waals surface area contributed by atoms with E-state index in [2.05, 4.69) is 4.72 Å². The highest BCUT2D eigenvalue weighted by Crippen LogP contribution is 2.41. The number of carbonyl (C=O) groups is 2. The molecule has 0 bridgehead atoms. The number of nitrogens with one attached hydrogen (secondary N) is 1. The molecular weight excluding hydrogens is 376 g/mol. The Balaban J connectivity index is 1.45. The van der Waals surface area contributed by atoms with Crippen molar-refractivity contribution in [2.24, 2.45) is 5.92 Å². The second kappa shape index (κ2) is 7.14. The van der Waals surface area contributed by atoms with Gasteiger partial charge in [0.25, 0.3) is 11.8 Å². The minimum Gasteiger partial charge on any atom is -0.273 e. The van der Waals surface area contributed by atoms with Crippen molar-refractivity contribution >= 4 is 21.8 Å². The summed E-state index contributed by atoms with van der Waals surface area (Å²) in [5, 5.41) is 0. The summed E-state index contributed by atoms with van der Waals surface area (Å²) in [5.74, 6) is -0.897. The van der Waals surface area contributed by atoms with Crippen LogP contribution >= 0.6 is 0 Å². The van der Waals surface area contributed by atoms with Gasteiger partial charge in [0.05, 0.1) is 16.9 Å². The van der Waals surface area contributed by atoms with Gasteiger partial charge in [-0.3, -0.25) is 14.5 Å². The minimum absolute atomic E-state index is 0.160. The summed E-state index contributed by atoms with van der Waals surface area (Å²) in [5.41, 5.74) is 2.71. The molecule has 1 fully saturated rings. The van der Waals surface area contributed by atoms with Crippen LogP contribution in [0.2, 0.25) is 0 Å². The smallest absolute Gasteiger partial charge is 0.261 e. The molecule has 1 atom stereocenters. The lowest BCUT2D eigenvalue weighted by Gasteiger charge is -2.20. The average Bonchev–Trinajstić information content (AvgIpc) is 3.48. The SMILES string of the molecule is Cc1ccc([C@H](NS(=O)(=O)CCN2C(=O)c3ccccc3C2=O)C2CC2)cc1. The zero-order valence-corrected chi connectivity index (χ0v) is 16.4. The maximum absolute atomic E-state index is 12.7. The fraction of sp³-hybridized carbons (Fsp3) is 0.333. The monoisotopic (exact) mass is 398 g/mol. The molecule has 0 aromatic heterocycles. The van der Waals surface area contributed by atoms with Crippen molar-refractivity contribution in [1.29, 1.82) is 0 Å². The lowest BCUT2D eigenvalue weighted by atomic mass is 10.0. The van der Waals surface area contributed by atoms with Crippen molar-refractivity contribution in [3.63, 3.8) is 0 Å². The van der Waals surface area contributed by atoms with E-state index in [4.69, 9.17) is 0 Å². The molecule has 2 aliphatic rings. The van der Waals surface area contributed by atoms with Crippen molar-refractivity contribution in [2.75, 3.05) is 12.3 Å². The number of amides is 2. The normalized spacial score (nSPS) is 17.7. The number of fused-ring (bicyclic) bond motifs is 1. The number of nitrogens with zero attached hydrogens (tertiary/aromatic N) is 1. The summed E-state index contributed by atoms with van der Waals surface area (Å²) in [4.78, 5) is 25.8. The van der Waals surface area contributed by atoms with Gasteiger partial charge in [0.15, 0.2) is 0 Å². The van der Waals surface area contributed by atoms with Crippen molar-refractivity contribution in [1.82, 2.24) is 9.62 Å². The summed E-state index contributed by atoms with van der Waals surface area (Å²) in [7, 11) is -3.66. The van der Waals surface area contributed by atoms with Gasteiger partial charge >= 0.3 is 0 Å². The van der Waals surface area contributed by atoms with Crippen LogP contribution < -0.4 is 4.72 Å². The third-order valence-corrected chi connectivity index (χ3v) is 6.63. The van der Waals surface area contributed by atoms with Crippen LogP contribution in [0.15, 0.2) is 48.5 Å². The Bertz CT molecular complexity index is 992. The van der Waals surface area contributed by atoms with E-state index in [0.29, 0.717) is 11.1 Å². The number of benzene rings is 2. The van der Waals surface area contributed by atoms with Crippen LogP contribution in [0.25, 0.3) is 0 Å². The van der Waals surface area contributed by atoms with Gasteiger partial charge in [0.1, 0.15) is 0 Å². The summed E-state index contributed by atoms with van der Waals surface area (Å²) in [6, 6.07) is 14.1. The number of carbonyl (C=O) groups excluding carboxylic acids is 2. The molecular formula is C21H22N2O4S. The Morgan fingerprint density at radius 1 is 1.00 bits per heavy atom. The zero-order valence-electron chi connectivity index (χ0n) is 15.6. The Kier molecular flexibility index (Phi) is 4.81. The van der Waals surface area contributed by atoms with Crippen molar-refractivity contribution in [3.8, 4) is 0 Å². The predicted molar refractivity (Wildman–Crippen MR) is 105 cm³/mol. The molecule has 2 aromatic rings. The van der Waals surface area contributed by atoms with Crippen LogP contribution in [0, 0.1) is 12.8 Å². The van der Waals surface area contributed by atoms with Gasteiger partial charge in [-0.05, 0) is 43.4 Å². The van der Waals surface area contributed by atoms with Gasteiger partial charge in [-0.2, -0.15) is 0 Å². The fourth-order valence-corrected chi connectivity index (χ4v) is 4.80. The van der Waals surface area contributed by atoms with E-state index in [1.54, 1.807) is 24.3 Å². The molecule has 1 N–H and O–H groups in total. The summed E-state index contributed by atoms with van der Waals surface area (Å²) >= 11 is 0. The number of imide groups is 1. The molecule has 6 nitrogen and oxygen atoms in total. The molecule has 4 rings (SSSR count). The molecule has 28 heavy (non-hydrogen) atoms. The van der Waals surface area contributed by atoms with Crippen LogP contribution in [0.1, 0.15) is 50.7 Å². The molecule has 1 aliphatic heterocycles. The first-order valence-electron chi connectivity index (χ1n) is 9.37. The first-order chi connectivity index (χ1) is 13.4. The molecule has 2 amide bonds. The van der Waals surface area contributed by atoms with Gasteiger partial charge in [0, 0.05) is 12.6 Å². The van der Waals surface area contributed by atoms with Crippen LogP contribution in [-0.2, 0) is 10.0 Å². The van der Waals surface area contributed by atoms with E-state index >= 15 is 0 Å². The quantitative estimate of drug-likeness (QED) is 0.727. The van der Waals surface area contributed by atoms with Gasteiger partial charge in [0.2, 0.25) is 10.0 Å². The second-order valence-electron chi connectivity index (χ2n) is 7.47. The van der Waals surface area contributed by atoms with Gasteiger partial charge in [-0.15, -0.1) is 0 Å². The molecule has 7 heteroatoms. The Morgan fingerprint density at radius 3 is 2.11 bits per heavy atom. The van der Waals surface area contributed by atoms with Crippen molar-refractivity contribution in [2.45, 2.75) is 25.8 Å². The maximum atomic E-state index is 12.7. The minimum atomic E-state index is -3.66. The third-order valence-electron chi connectivity index (χ3n) is 5.30. The molecule has 0 spiro atoms. The summed E-state index contributed by atoms with van der Waals surface area (Å²) in [6.07, 6.45) is 1.97. The van der Waals surface area contributed by atoms with Crippen LogP contribution in [-0.4, -0.2) is 37.4 Å². The van der Waals surface area contributed by atoms with Crippen LogP contribution in [0.5, 0.6) is 0 Å². The molecule has 1 heterocycles. The van der Waals surface area contributed by atoms with Crippen LogP contribution in [0.4, 0.5) is 0 Å². The topological polar surface area (TPSA) is 83.6 Å². The van der Waals surface area contributed by atoms with E-state index < -0.39 is 21.8 Å². The number of sulfonamides is 1. The third kappa shape index (κ3) is 3.72. The highest BCUT2D eigenvalue weighted by atomic mass is 32.2. The second-order valence-corrected chi connectivity index (χ2v) is 9.34. The number of rotatable bonds is 7. The van der Waals surface area contributed by atoms with E-state index in [0.717, 1.165) is 28.9 Å². The Hall–Kier alpha value is -2.51. The molecule has 0 saturated heterocycles. The summed E-state index contributed by atoms with van der Waals surface area (Å²) in [6.45, 7) is 1.83. The predicted octanol–water partition coefficient (Wildman–Crippen LogP) is 2.66. The lowest BCUT2D eigenvalue weighted by Crippen LogP contribution is -2.39. The molecule has 2 aromatic carbocycles. The van der Waals surface area contributed by atoms with Crippen molar-refractivity contribution in [3.05, 3.63) is 70.8 Å². The molecule has 1 saturated carbocycles. The van der Waals surface area contributed by atoms with Gasteiger partial charge in [-0.25, -0.2) is 13.1 Å². The molecule has 0 radical (unpaired) electrons. The van der Waals surface area contributed by atoms with E-state index in [-0.39, 0.29) is 24.3 Å².